The van der Waals surface area contributed by atoms with Gasteiger partial charge in [0.05, 0.1) is 30.0 Å². The van der Waals surface area contributed by atoms with Gasteiger partial charge in [0, 0.05) is 12.8 Å². The van der Waals surface area contributed by atoms with Crippen LogP contribution in [-0.4, -0.2) is 57.8 Å². The summed E-state index contributed by atoms with van der Waals surface area (Å²) < 4.78 is 13.5. The number of rotatable bonds is 10. The lowest BCUT2D eigenvalue weighted by Gasteiger charge is -2.29. The van der Waals surface area contributed by atoms with Crippen molar-refractivity contribution in [2.45, 2.75) is 44.7 Å². The van der Waals surface area contributed by atoms with E-state index in [4.69, 9.17) is 16.4 Å². The van der Waals surface area contributed by atoms with Crippen molar-refractivity contribution < 1.29 is 28.9 Å². The van der Waals surface area contributed by atoms with E-state index >= 15 is 0 Å². The zero-order valence-electron chi connectivity index (χ0n) is 19.4. The highest BCUT2D eigenvalue weighted by atomic mass is 35.5. The summed E-state index contributed by atoms with van der Waals surface area (Å²) >= 11 is 5.89. The van der Waals surface area contributed by atoms with Crippen LogP contribution in [0.25, 0.3) is 0 Å². The van der Waals surface area contributed by atoms with Crippen LogP contribution in [0, 0.1) is 11.7 Å². The number of oxime groups is 1. The molecule has 35 heavy (non-hydrogen) atoms. The molecule has 1 aliphatic heterocycles. The van der Waals surface area contributed by atoms with Crippen LogP contribution >= 0.6 is 11.6 Å². The van der Waals surface area contributed by atoms with E-state index in [9.17, 15) is 24.0 Å². The molecular weight excluding hydrogens is 478 g/mol. The van der Waals surface area contributed by atoms with E-state index in [0.717, 1.165) is 17.8 Å². The maximum absolute atomic E-state index is 13.5. The SMILES string of the molecule is CC(C)CC(NC(=O)C1(Cc2ccccc2)CC(CNC(=O)c2cc(F)cnc2Cl)=NO1)B(O)O. The largest absolute Gasteiger partial charge is 0.475 e. The molecule has 0 radical (unpaired) electrons. The van der Waals surface area contributed by atoms with Gasteiger partial charge in [0.15, 0.2) is 0 Å². The number of hydrogen-bond acceptors (Lipinski definition) is 7. The standard InChI is InChI=1S/C23H27BClFN4O5/c1-14(2)8-19(24(33)34)29-22(32)23(10-15-6-4-3-5-7-15)11-17(30-35-23)13-28-21(31)18-9-16(26)12-27-20(18)25/h3-7,9,12,14,19,33-34H,8,10-11,13H2,1-2H3,(H,28,31)(H,29,32). The molecule has 2 aromatic rings. The van der Waals surface area contributed by atoms with Gasteiger partial charge in [-0.05, 0) is 24.0 Å². The van der Waals surface area contributed by atoms with Crippen molar-refractivity contribution in [3.63, 3.8) is 0 Å². The zero-order valence-corrected chi connectivity index (χ0v) is 20.1. The zero-order chi connectivity index (χ0) is 25.6. The van der Waals surface area contributed by atoms with Crippen molar-refractivity contribution in [3.05, 3.63) is 64.7 Å². The minimum absolute atomic E-state index is 0.0407. The third kappa shape index (κ3) is 7.00. The summed E-state index contributed by atoms with van der Waals surface area (Å²) in [4.78, 5) is 35.1. The van der Waals surface area contributed by atoms with E-state index in [1.165, 1.54) is 0 Å². The Bertz CT molecular complexity index is 1090. The number of pyridine rings is 1. The number of hydrogen-bond donors (Lipinski definition) is 4. The first-order valence-electron chi connectivity index (χ1n) is 11.1. The summed E-state index contributed by atoms with van der Waals surface area (Å²) in [6.45, 7) is 3.72. The van der Waals surface area contributed by atoms with E-state index in [0.29, 0.717) is 12.1 Å². The molecule has 0 aliphatic carbocycles. The van der Waals surface area contributed by atoms with Crippen LogP contribution in [0.5, 0.6) is 0 Å². The second-order valence-electron chi connectivity index (χ2n) is 8.88. The van der Waals surface area contributed by atoms with Crippen molar-refractivity contribution in [2.75, 3.05) is 6.54 Å². The summed E-state index contributed by atoms with van der Waals surface area (Å²) in [5.41, 5.74) is -0.405. The number of carbonyl (C=O) groups is 2. The molecule has 9 nitrogen and oxygen atoms in total. The van der Waals surface area contributed by atoms with Gasteiger partial charge in [0.2, 0.25) is 5.60 Å². The number of benzene rings is 1. The molecule has 0 spiro atoms. The lowest BCUT2D eigenvalue weighted by Crippen LogP contribution is -2.56. The fourth-order valence-electron chi connectivity index (χ4n) is 3.79. The molecule has 0 fully saturated rings. The van der Waals surface area contributed by atoms with Crippen molar-refractivity contribution in [1.82, 2.24) is 15.6 Å². The van der Waals surface area contributed by atoms with Crippen LogP contribution in [-0.2, 0) is 16.1 Å². The summed E-state index contributed by atoms with van der Waals surface area (Å²) in [7, 11) is -1.75. The van der Waals surface area contributed by atoms with E-state index in [1.807, 2.05) is 44.2 Å². The van der Waals surface area contributed by atoms with Gasteiger partial charge < -0.3 is 25.5 Å². The Balaban J connectivity index is 1.74. The average molecular weight is 505 g/mol. The topological polar surface area (TPSA) is 133 Å². The molecule has 4 N–H and O–H groups in total. The first-order chi connectivity index (χ1) is 16.6. The van der Waals surface area contributed by atoms with Gasteiger partial charge in [-0.25, -0.2) is 9.37 Å². The molecule has 2 atom stereocenters. The highest BCUT2D eigenvalue weighted by Crippen LogP contribution is 2.29. The van der Waals surface area contributed by atoms with Gasteiger partial charge in [-0.3, -0.25) is 9.59 Å². The molecule has 2 amide bonds. The second kappa shape index (κ2) is 11.6. The van der Waals surface area contributed by atoms with Gasteiger partial charge >= 0.3 is 7.12 Å². The van der Waals surface area contributed by atoms with E-state index in [2.05, 4.69) is 20.8 Å². The van der Waals surface area contributed by atoms with Gasteiger partial charge in [0.25, 0.3) is 11.8 Å². The van der Waals surface area contributed by atoms with Gasteiger partial charge in [-0.2, -0.15) is 0 Å². The summed E-state index contributed by atoms with van der Waals surface area (Å²) in [6, 6.07) is 10.1. The fraction of sp³-hybridized carbons (Fsp3) is 0.391. The third-order valence-corrected chi connectivity index (χ3v) is 5.79. The normalized spacial score (nSPS) is 18.0. The highest BCUT2D eigenvalue weighted by Gasteiger charge is 2.48. The van der Waals surface area contributed by atoms with Crippen molar-refractivity contribution >= 4 is 36.2 Å². The van der Waals surface area contributed by atoms with Crippen LogP contribution in [0.4, 0.5) is 4.39 Å². The van der Waals surface area contributed by atoms with Crippen LogP contribution in [0.15, 0.2) is 47.8 Å². The van der Waals surface area contributed by atoms with Gasteiger partial charge in [-0.1, -0.05) is 60.9 Å². The van der Waals surface area contributed by atoms with Gasteiger partial charge in [0.1, 0.15) is 11.0 Å². The Morgan fingerprint density at radius 3 is 2.66 bits per heavy atom. The quantitative estimate of drug-likeness (QED) is 0.289. The van der Waals surface area contributed by atoms with Crippen LogP contribution in [0.1, 0.15) is 42.6 Å². The van der Waals surface area contributed by atoms with Crippen LogP contribution < -0.4 is 10.6 Å². The Morgan fingerprint density at radius 2 is 2.00 bits per heavy atom. The summed E-state index contributed by atoms with van der Waals surface area (Å²) in [6.07, 6.45) is 1.45. The Labute approximate surface area is 207 Å². The predicted octanol–water partition coefficient (Wildman–Crippen LogP) is 1.90. The monoisotopic (exact) mass is 504 g/mol. The number of aromatic nitrogens is 1. The highest BCUT2D eigenvalue weighted by molar-refractivity contribution is 6.43. The first kappa shape index (κ1) is 26.6. The fourth-order valence-corrected chi connectivity index (χ4v) is 3.97. The molecule has 0 saturated heterocycles. The molecule has 1 aliphatic rings. The van der Waals surface area contributed by atoms with E-state index < -0.39 is 36.3 Å². The lowest BCUT2D eigenvalue weighted by molar-refractivity contribution is -0.144. The van der Waals surface area contributed by atoms with E-state index in [1.54, 1.807) is 0 Å². The molecular formula is C23H27BClFN4O5. The Kier molecular flexibility index (Phi) is 8.82. The maximum Gasteiger partial charge on any atom is 0.475 e. The smallest absolute Gasteiger partial charge is 0.426 e. The Morgan fingerprint density at radius 1 is 1.29 bits per heavy atom. The Hall–Kier alpha value is -3.02. The molecule has 1 aromatic heterocycles. The third-order valence-electron chi connectivity index (χ3n) is 5.49. The van der Waals surface area contributed by atoms with Crippen molar-refractivity contribution in [1.29, 1.82) is 0 Å². The van der Waals surface area contributed by atoms with Crippen molar-refractivity contribution in [3.8, 4) is 0 Å². The number of nitrogens with zero attached hydrogens (tertiary/aromatic N) is 2. The minimum atomic E-state index is -1.75. The van der Waals surface area contributed by atoms with Gasteiger partial charge in [-0.15, -0.1) is 0 Å². The van der Waals surface area contributed by atoms with Crippen molar-refractivity contribution in [2.24, 2.45) is 11.1 Å². The predicted molar refractivity (Wildman–Crippen MR) is 129 cm³/mol. The molecule has 3 rings (SSSR count). The molecule has 0 bridgehead atoms. The summed E-state index contributed by atoms with van der Waals surface area (Å²) in [5.74, 6) is -2.72. The molecule has 186 valence electrons. The van der Waals surface area contributed by atoms with E-state index in [-0.39, 0.29) is 36.0 Å². The average Bonchev–Trinajstić information content (AvgIpc) is 3.23. The molecule has 0 saturated carbocycles. The molecule has 1 aromatic carbocycles. The first-order valence-corrected chi connectivity index (χ1v) is 11.5. The summed E-state index contributed by atoms with van der Waals surface area (Å²) in [5, 5.41) is 28.6. The molecule has 2 heterocycles. The molecule has 12 heteroatoms. The van der Waals surface area contributed by atoms with Crippen LogP contribution in [0.3, 0.4) is 0 Å². The lowest BCUT2D eigenvalue weighted by atomic mass is 9.74. The number of halogens is 2. The number of nitrogens with one attached hydrogen (secondary N) is 2. The minimum Gasteiger partial charge on any atom is -0.426 e. The number of amides is 2. The number of carbonyl (C=O) groups excluding carboxylic acids is 2. The van der Waals surface area contributed by atoms with Crippen LogP contribution in [0.2, 0.25) is 5.15 Å². The second-order valence-corrected chi connectivity index (χ2v) is 9.24. The molecule has 2 unspecified atom stereocenters. The maximum atomic E-state index is 13.5.